The van der Waals surface area contributed by atoms with Gasteiger partial charge in [-0.15, -0.1) is 0 Å². The second-order valence-corrected chi connectivity index (χ2v) is 3.87. The van der Waals surface area contributed by atoms with Gasteiger partial charge in [-0.1, -0.05) is 18.6 Å². The highest BCUT2D eigenvalue weighted by Gasteiger charge is 2.19. The molecule has 0 saturated carbocycles. The minimum Gasteiger partial charge on any atom is -0.355 e. The van der Waals surface area contributed by atoms with E-state index in [1.54, 1.807) is 30.6 Å². The van der Waals surface area contributed by atoms with E-state index in [4.69, 9.17) is 6.42 Å². The normalized spacial score (nSPS) is 9.47. The van der Waals surface area contributed by atoms with Crippen LogP contribution in [0.4, 0.5) is 16.2 Å². The summed E-state index contributed by atoms with van der Waals surface area (Å²) in [5, 5.41) is 0. The first-order chi connectivity index (χ1) is 9.22. The van der Waals surface area contributed by atoms with Crippen molar-refractivity contribution in [2.75, 3.05) is 4.90 Å². The van der Waals surface area contributed by atoms with Gasteiger partial charge in [-0.3, -0.25) is 4.98 Å². The van der Waals surface area contributed by atoms with Gasteiger partial charge >= 0.3 is 6.09 Å². The maximum Gasteiger partial charge on any atom is 0.433 e. The fourth-order valence-electron chi connectivity index (χ4n) is 1.71. The number of ether oxygens (including phenoxy) is 1. The lowest BCUT2D eigenvalue weighted by atomic mass is 10.2. The first-order valence-corrected chi connectivity index (χ1v) is 5.65. The zero-order valence-electron chi connectivity index (χ0n) is 10.4. The molecule has 4 nitrogen and oxygen atoms in total. The van der Waals surface area contributed by atoms with Crippen molar-refractivity contribution in [2.24, 2.45) is 0 Å². The second-order valence-electron chi connectivity index (χ2n) is 3.87. The summed E-state index contributed by atoms with van der Waals surface area (Å²) < 4.78 is 4.64. The van der Waals surface area contributed by atoms with Crippen LogP contribution in [0.25, 0.3) is 0 Å². The van der Waals surface area contributed by atoms with Crippen LogP contribution in [-0.4, -0.2) is 11.1 Å². The number of hydrogen-bond donors (Lipinski definition) is 0. The van der Waals surface area contributed by atoms with E-state index in [0.717, 1.165) is 5.56 Å². The summed E-state index contributed by atoms with van der Waals surface area (Å²) in [6.07, 6.45) is 9.47. The van der Waals surface area contributed by atoms with Crippen LogP contribution >= 0.6 is 0 Å². The van der Waals surface area contributed by atoms with Crippen molar-refractivity contribution in [3.63, 3.8) is 0 Å². The Morgan fingerprint density at radius 1 is 1.37 bits per heavy atom. The maximum atomic E-state index is 12.0. The Morgan fingerprint density at radius 3 is 2.79 bits per heavy atom. The van der Waals surface area contributed by atoms with Crippen LogP contribution in [0.3, 0.4) is 0 Å². The highest BCUT2D eigenvalue weighted by molar-refractivity contribution is 5.96. The third-order valence-electron chi connectivity index (χ3n) is 2.49. The van der Waals surface area contributed by atoms with Crippen molar-refractivity contribution in [2.45, 2.75) is 6.92 Å². The number of nitrogens with zero attached hydrogens (tertiary/aromatic N) is 2. The minimum absolute atomic E-state index is 0. The molecule has 0 aliphatic heterocycles. The number of anilines is 2. The number of aromatic nitrogens is 1. The number of benzene rings is 1. The van der Waals surface area contributed by atoms with Crippen LogP contribution in [0, 0.1) is 19.5 Å². The number of carbonyl (C=O) groups excluding carboxylic acids is 1. The van der Waals surface area contributed by atoms with Gasteiger partial charge in [0.1, 0.15) is 6.11 Å². The third-order valence-corrected chi connectivity index (χ3v) is 2.49. The highest BCUT2D eigenvalue weighted by atomic mass is 16.5. The van der Waals surface area contributed by atoms with Gasteiger partial charge in [0.2, 0.25) is 0 Å². The van der Waals surface area contributed by atoms with Gasteiger partial charge in [0, 0.05) is 7.62 Å². The van der Waals surface area contributed by atoms with Gasteiger partial charge in [-0.05, 0) is 36.8 Å². The van der Waals surface area contributed by atoms with Crippen LogP contribution in [0.2, 0.25) is 0 Å². The van der Waals surface area contributed by atoms with Crippen molar-refractivity contribution in [1.29, 1.82) is 0 Å². The lowest BCUT2D eigenvalue weighted by Crippen LogP contribution is -2.25. The standard InChI is InChI=1S/C15H12N2O2.H2/c1-3-19-15(18)17(14-8-5-9-16-11-14)13-7-4-6-12(2)10-13;/h1,4-11H,2H3;1H. The van der Waals surface area contributed by atoms with E-state index in [-0.39, 0.29) is 1.43 Å². The highest BCUT2D eigenvalue weighted by Crippen LogP contribution is 2.26. The Hall–Kier alpha value is -2.80. The van der Waals surface area contributed by atoms with Crippen LogP contribution in [0.1, 0.15) is 6.99 Å². The average molecular weight is 254 g/mol. The maximum absolute atomic E-state index is 12.0. The van der Waals surface area contributed by atoms with E-state index in [0.29, 0.717) is 11.4 Å². The Morgan fingerprint density at radius 2 is 2.16 bits per heavy atom. The number of hydrogen-bond acceptors (Lipinski definition) is 3. The van der Waals surface area contributed by atoms with Crippen LogP contribution in [-0.2, 0) is 4.74 Å². The molecule has 2 rings (SSSR count). The predicted molar refractivity (Wildman–Crippen MR) is 75.0 cm³/mol. The smallest absolute Gasteiger partial charge is 0.355 e. The van der Waals surface area contributed by atoms with Gasteiger partial charge in [0.15, 0.2) is 0 Å². The molecule has 0 aliphatic carbocycles. The van der Waals surface area contributed by atoms with E-state index >= 15 is 0 Å². The van der Waals surface area contributed by atoms with E-state index in [2.05, 4.69) is 9.72 Å². The molecule has 1 aromatic heterocycles. The zero-order valence-corrected chi connectivity index (χ0v) is 10.4. The molecule has 0 spiro atoms. The van der Waals surface area contributed by atoms with Gasteiger partial charge in [-0.25, -0.2) is 9.69 Å². The summed E-state index contributed by atoms with van der Waals surface area (Å²) in [6, 6.07) is 11.0. The predicted octanol–water partition coefficient (Wildman–Crippen LogP) is 3.50. The molecule has 19 heavy (non-hydrogen) atoms. The van der Waals surface area contributed by atoms with Crippen molar-refractivity contribution in [3.05, 3.63) is 54.4 Å². The second kappa shape index (κ2) is 5.69. The summed E-state index contributed by atoms with van der Waals surface area (Å²) in [6.45, 7) is 1.94. The number of pyridine rings is 1. The molecule has 96 valence electrons. The summed E-state index contributed by atoms with van der Waals surface area (Å²) in [4.78, 5) is 17.4. The Balaban J connectivity index is 0.00000200. The number of amides is 1. The molecule has 2 aromatic rings. The Labute approximate surface area is 113 Å². The zero-order chi connectivity index (χ0) is 13.7. The van der Waals surface area contributed by atoms with Crippen LogP contribution in [0.5, 0.6) is 0 Å². The first kappa shape index (κ1) is 12.7. The van der Waals surface area contributed by atoms with E-state index in [9.17, 15) is 4.79 Å². The van der Waals surface area contributed by atoms with Gasteiger partial charge in [0.25, 0.3) is 0 Å². The average Bonchev–Trinajstić information content (AvgIpc) is 2.40. The summed E-state index contributed by atoms with van der Waals surface area (Å²) in [5.41, 5.74) is 2.29. The summed E-state index contributed by atoms with van der Waals surface area (Å²) in [5.74, 6) is 0. The van der Waals surface area contributed by atoms with Crippen molar-refractivity contribution >= 4 is 17.5 Å². The molecule has 1 heterocycles. The molecule has 1 aromatic carbocycles. The summed E-state index contributed by atoms with van der Waals surface area (Å²) >= 11 is 0. The number of terminal acetylenes is 1. The molecule has 0 fully saturated rings. The molecule has 0 atom stereocenters. The molecule has 0 saturated heterocycles. The molecular weight excluding hydrogens is 240 g/mol. The quantitative estimate of drug-likeness (QED) is 0.770. The van der Waals surface area contributed by atoms with Crippen molar-refractivity contribution < 1.29 is 11.0 Å². The van der Waals surface area contributed by atoms with Crippen molar-refractivity contribution in [1.82, 2.24) is 4.98 Å². The van der Waals surface area contributed by atoms with E-state index in [1.165, 1.54) is 4.90 Å². The third kappa shape index (κ3) is 2.90. The number of aryl methyl sites for hydroxylation is 1. The van der Waals surface area contributed by atoms with Gasteiger partial charge in [-0.2, -0.15) is 0 Å². The lowest BCUT2D eigenvalue weighted by molar-refractivity contribution is 0.202. The largest absolute Gasteiger partial charge is 0.433 e. The SMILES string of the molecule is C#COC(=O)N(c1cccnc1)c1cccc(C)c1.[HH]. The molecule has 0 N–H and O–H groups in total. The van der Waals surface area contributed by atoms with Crippen LogP contribution in [0.15, 0.2) is 48.8 Å². The molecule has 0 radical (unpaired) electrons. The van der Waals surface area contributed by atoms with Crippen molar-refractivity contribution in [3.8, 4) is 12.5 Å². The molecule has 0 unspecified atom stereocenters. The molecule has 4 heteroatoms. The number of carbonyl (C=O) groups is 1. The lowest BCUT2D eigenvalue weighted by Gasteiger charge is -2.20. The fourth-order valence-corrected chi connectivity index (χ4v) is 1.71. The molecule has 1 amide bonds. The van der Waals surface area contributed by atoms with E-state index in [1.807, 2.05) is 31.2 Å². The van der Waals surface area contributed by atoms with E-state index < -0.39 is 6.09 Å². The minimum atomic E-state index is -0.638. The first-order valence-electron chi connectivity index (χ1n) is 5.65. The van der Waals surface area contributed by atoms with Gasteiger partial charge in [0.05, 0.1) is 17.6 Å². The monoisotopic (exact) mass is 254 g/mol. The molecule has 0 aliphatic rings. The Bertz CT molecular complexity index is 623. The Kier molecular flexibility index (Phi) is 3.79. The molecule has 0 bridgehead atoms. The van der Waals surface area contributed by atoms with Crippen LogP contribution < -0.4 is 4.90 Å². The van der Waals surface area contributed by atoms with Gasteiger partial charge < -0.3 is 4.74 Å². The topological polar surface area (TPSA) is 42.4 Å². The molecular formula is C15H14N2O2. The fraction of sp³-hybridized carbons (Fsp3) is 0.0667. The summed E-state index contributed by atoms with van der Waals surface area (Å²) in [7, 11) is 0. The number of rotatable bonds is 2.